The maximum Gasteiger partial charge on any atom is 0.270 e. The van der Waals surface area contributed by atoms with Gasteiger partial charge in [0.25, 0.3) is 5.69 Å². The standard InChI is InChI=1S/C14H22N2O4/c1-11(2)5-6-19-7-8-20-14-4-3-13(16(17)18)9-12(14)10-15/h3-4,9,11H,5-8,10,15H2,1-2H3. The minimum Gasteiger partial charge on any atom is -0.491 e. The van der Waals surface area contributed by atoms with Crippen molar-refractivity contribution in [1.29, 1.82) is 0 Å². The summed E-state index contributed by atoms with van der Waals surface area (Å²) in [6.45, 7) is 6.10. The summed E-state index contributed by atoms with van der Waals surface area (Å²) in [5.41, 5.74) is 6.22. The van der Waals surface area contributed by atoms with Crippen LogP contribution in [0.15, 0.2) is 18.2 Å². The first-order chi connectivity index (χ1) is 9.54. The Kier molecular flexibility index (Phi) is 6.97. The number of non-ortho nitro benzene ring substituents is 1. The van der Waals surface area contributed by atoms with Gasteiger partial charge in [-0.2, -0.15) is 0 Å². The van der Waals surface area contributed by atoms with Crippen LogP contribution in [-0.4, -0.2) is 24.7 Å². The predicted octanol–water partition coefficient (Wildman–Crippen LogP) is 2.50. The molecule has 1 aromatic carbocycles. The molecule has 112 valence electrons. The lowest BCUT2D eigenvalue weighted by Gasteiger charge is -2.11. The van der Waals surface area contributed by atoms with E-state index in [2.05, 4.69) is 13.8 Å². The molecular weight excluding hydrogens is 260 g/mol. The maximum atomic E-state index is 10.7. The number of nitrogens with zero attached hydrogens (tertiary/aromatic N) is 1. The molecule has 0 saturated carbocycles. The summed E-state index contributed by atoms with van der Waals surface area (Å²) in [7, 11) is 0. The Labute approximate surface area is 119 Å². The molecule has 0 radical (unpaired) electrons. The molecule has 6 heteroatoms. The fourth-order valence-electron chi connectivity index (χ4n) is 1.61. The zero-order valence-corrected chi connectivity index (χ0v) is 12.0. The molecule has 0 unspecified atom stereocenters. The van der Waals surface area contributed by atoms with Gasteiger partial charge in [0.05, 0.1) is 11.5 Å². The van der Waals surface area contributed by atoms with Gasteiger partial charge < -0.3 is 15.2 Å². The van der Waals surface area contributed by atoms with Crippen molar-refractivity contribution in [2.45, 2.75) is 26.8 Å². The van der Waals surface area contributed by atoms with Gasteiger partial charge in [0.1, 0.15) is 12.4 Å². The number of nitro benzene ring substituents is 1. The lowest BCUT2D eigenvalue weighted by molar-refractivity contribution is -0.384. The van der Waals surface area contributed by atoms with Crippen LogP contribution < -0.4 is 10.5 Å². The number of hydrogen-bond donors (Lipinski definition) is 1. The Bertz CT molecular complexity index is 435. The Morgan fingerprint density at radius 1 is 1.30 bits per heavy atom. The van der Waals surface area contributed by atoms with Crippen LogP contribution in [-0.2, 0) is 11.3 Å². The minimum atomic E-state index is -0.446. The van der Waals surface area contributed by atoms with Crippen molar-refractivity contribution in [3.63, 3.8) is 0 Å². The van der Waals surface area contributed by atoms with Crippen LogP contribution in [0.5, 0.6) is 5.75 Å². The monoisotopic (exact) mass is 282 g/mol. The van der Waals surface area contributed by atoms with Gasteiger partial charge in [-0.25, -0.2) is 0 Å². The summed E-state index contributed by atoms with van der Waals surface area (Å²) in [6, 6.07) is 4.43. The van der Waals surface area contributed by atoms with E-state index in [0.717, 1.165) is 6.42 Å². The van der Waals surface area contributed by atoms with Crippen LogP contribution in [0.1, 0.15) is 25.8 Å². The van der Waals surface area contributed by atoms with Crippen LogP contribution in [0.25, 0.3) is 0 Å². The second-order valence-corrected chi connectivity index (χ2v) is 4.90. The van der Waals surface area contributed by atoms with Gasteiger partial charge in [0.2, 0.25) is 0 Å². The number of nitro groups is 1. The molecule has 20 heavy (non-hydrogen) atoms. The van der Waals surface area contributed by atoms with Crippen molar-refractivity contribution in [3.05, 3.63) is 33.9 Å². The largest absolute Gasteiger partial charge is 0.491 e. The van der Waals surface area contributed by atoms with E-state index in [4.69, 9.17) is 15.2 Å². The second-order valence-electron chi connectivity index (χ2n) is 4.90. The quantitative estimate of drug-likeness (QED) is 0.427. The summed E-state index contributed by atoms with van der Waals surface area (Å²) >= 11 is 0. The molecular formula is C14H22N2O4. The van der Waals surface area contributed by atoms with Gasteiger partial charge in [-0.1, -0.05) is 13.8 Å². The highest BCUT2D eigenvalue weighted by Crippen LogP contribution is 2.23. The van der Waals surface area contributed by atoms with E-state index in [1.807, 2.05) is 0 Å². The number of benzene rings is 1. The first-order valence-electron chi connectivity index (χ1n) is 6.72. The zero-order valence-electron chi connectivity index (χ0n) is 12.0. The first kappa shape index (κ1) is 16.4. The third-order valence-corrected chi connectivity index (χ3v) is 2.80. The van der Waals surface area contributed by atoms with Gasteiger partial charge in [-0.05, 0) is 18.4 Å². The van der Waals surface area contributed by atoms with Gasteiger partial charge in [0, 0.05) is 30.8 Å². The third kappa shape index (κ3) is 5.54. The SMILES string of the molecule is CC(C)CCOCCOc1ccc([N+](=O)[O-])cc1CN. The van der Waals surface area contributed by atoms with E-state index in [1.165, 1.54) is 12.1 Å². The Hall–Kier alpha value is -1.66. The molecule has 1 aromatic rings. The van der Waals surface area contributed by atoms with Crippen molar-refractivity contribution in [2.75, 3.05) is 19.8 Å². The average molecular weight is 282 g/mol. The van der Waals surface area contributed by atoms with E-state index in [0.29, 0.717) is 37.1 Å². The topological polar surface area (TPSA) is 87.6 Å². The Morgan fingerprint density at radius 2 is 2.05 bits per heavy atom. The van der Waals surface area contributed by atoms with E-state index in [1.54, 1.807) is 6.07 Å². The van der Waals surface area contributed by atoms with Crippen LogP contribution in [0.3, 0.4) is 0 Å². The van der Waals surface area contributed by atoms with Crippen molar-refractivity contribution >= 4 is 5.69 Å². The summed E-state index contributed by atoms with van der Waals surface area (Å²) in [4.78, 5) is 10.2. The van der Waals surface area contributed by atoms with Crippen LogP contribution in [0.4, 0.5) is 5.69 Å². The van der Waals surface area contributed by atoms with E-state index in [9.17, 15) is 10.1 Å². The molecule has 0 fully saturated rings. The average Bonchev–Trinajstić information content (AvgIpc) is 2.42. The summed E-state index contributed by atoms with van der Waals surface area (Å²) in [6.07, 6.45) is 1.02. The molecule has 2 N–H and O–H groups in total. The van der Waals surface area contributed by atoms with Gasteiger partial charge in [-0.3, -0.25) is 10.1 Å². The maximum absolute atomic E-state index is 10.7. The molecule has 0 spiro atoms. The summed E-state index contributed by atoms with van der Waals surface area (Å²) < 4.78 is 11.0. The van der Waals surface area contributed by atoms with Crippen molar-refractivity contribution in [1.82, 2.24) is 0 Å². The van der Waals surface area contributed by atoms with Crippen LogP contribution in [0, 0.1) is 16.0 Å². The summed E-state index contributed by atoms with van der Waals surface area (Å²) in [5, 5.41) is 10.7. The van der Waals surface area contributed by atoms with Crippen molar-refractivity contribution < 1.29 is 14.4 Å². The molecule has 0 aliphatic heterocycles. The number of hydrogen-bond acceptors (Lipinski definition) is 5. The fraction of sp³-hybridized carbons (Fsp3) is 0.571. The lowest BCUT2D eigenvalue weighted by atomic mass is 10.1. The number of nitrogens with two attached hydrogens (primary N) is 1. The number of ether oxygens (including phenoxy) is 2. The van der Waals surface area contributed by atoms with Crippen molar-refractivity contribution in [2.24, 2.45) is 11.7 Å². The van der Waals surface area contributed by atoms with E-state index < -0.39 is 4.92 Å². The molecule has 0 aliphatic rings. The zero-order chi connectivity index (χ0) is 15.0. The third-order valence-electron chi connectivity index (χ3n) is 2.80. The summed E-state index contributed by atoms with van der Waals surface area (Å²) in [5.74, 6) is 1.19. The molecule has 0 amide bonds. The molecule has 0 aromatic heterocycles. The molecule has 0 bridgehead atoms. The Morgan fingerprint density at radius 3 is 2.65 bits per heavy atom. The molecule has 0 aliphatic carbocycles. The highest BCUT2D eigenvalue weighted by atomic mass is 16.6. The highest BCUT2D eigenvalue weighted by molar-refractivity contribution is 5.43. The van der Waals surface area contributed by atoms with E-state index in [-0.39, 0.29) is 12.2 Å². The van der Waals surface area contributed by atoms with Gasteiger partial charge in [-0.15, -0.1) is 0 Å². The van der Waals surface area contributed by atoms with Gasteiger partial charge >= 0.3 is 0 Å². The second kappa shape index (κ2) is 8.50. The minimum absolute atomic E-state index is 0.0194. The lowest BCUT2D eigenvalue weighted by Crippen LogP contribution is -2.10. The fourth-order valence-corrected chi connectivity index (χ4v) is 1.61. The van der Waals surface area contributed by atoms with Crippen molar-refractivity contribution in [3.8, 4) is 5.75 Å². The molecule has 1 rings (SSSR count). The predicted molar refractivity (Wildman–Crippen MR) is 76.8 cm³/mol. The first-order valence-corrected chi connectivity index (χ1v) is 6.72. The number of rotatable bonds is 9. The molecule has 0 atom stereocenters. The highest BCUT2D eigenvalue weighted by Gasteiger charge is 2.10. The van der Waals surface area contributed by atoms with E-state index >= 15 is 0 Å². The smallest absolute Gasteiger partial charge is 0.270 e. The Balaban J connectivity index is 2.41. The molecule has 0 heterocycles. The molecule has 6 nitrogen and oxygen atoms in total. The van der Waals surface area contributed by atoms with Crippen LogP contribution >= 0.6 is 0 Å². The van der Waals surface area contributed by atoms with Gasteiger partial charge in [0.15, 0.2) is 0 Å². The normalized spacial score (nSPS) is 10.8. The molecule has 0 saturated heterocycles. The van der Waals surface area contributed by atoms with Crippen LogP contribution in [0.2, 0.25) is 0 Å².